The van der Waals surface area contributed by atoms with Gasteiger partial charge in [-0.25, -0.2) is 4.98 Å². The van der Waals surface area contributed by atoms with E-state index in [1.54, 1.807) is 0 Å². The van der Waals surface area contributed by atoms with Gasteiger partial charge in [-0.2, -0.15) is 4.57 Å². The largest absolute Gasteiger partial charge is 0.481 e. The van der Waals surface area contributed by atoms with E-state index in [0.717, 1.165) is 16.4 Å². The Balaban J connectivity index is 2.33. The minimum Gasteiger partial charge on any atom is -0.481 e. The second kappa shape index (κ2) is 5.27. The molecule has 1 heterocycles. The van der Waals surface area contributed by atoms with E-state index in [-0.39, 0.29) is 5.75 Å². The minimum atomic E-state index is -0.818. The summed E-state index contributed by atoms with van der Waals surface area (Å²) in [6, 6.07) is 6.21. The molecule has 0 aliphatic rings. The molecule has 0 bridgehead atoms. The van der Waals surface area contributed by atoms with Crippen molar-refractivity contribution >= 4 is 17.7 Å². The van der Waals surface area contributed by atoms with E-state index in [1.807, 2.05) is 36.0 Å². The minimum absolute atomic E-state index is 0.0470. The van der Waals surface area contributed by atoms with Crippen LogP contribution in [0, 0.1) is 13.8 Å². The molecule has 0 fully saturated rings. The van der Waals surface area contributed by atoms with Crippen molar-refractivity contribution in [2.75, 3.05) is 5.75 Å². The lowest BCUT2D eigenvalue weighted by Gasteiger charge is -2.04. The highest BCUT2D eigenvalue weighted by molar-refractivity contribution is 7.99. The average Bonchev–Trinajstić information content (AvgIpc) is 2.74. The number of aromatic nitrogens is 2. The Bertz CT molecular complexity index is 578. The summed E-state index contributed by atoms with van der Waals surface area (Å²) in [5, 5.41) is 9.54. The summed E-state index contributed by atoms with van der Waals surface area (Å²) in [6.45, 7) is 4.10. The van der Waals surface area contributed by atoms with E-state index in [0.29, 0.717) is 0 Å². The van der Waals surface area contributed by atoms with Crippen LogP contribution in [-0.4, -0.2) is 21.8 Å². The number of carbonyl (C=O) groups is 1. The summed E-state index contributed by atoms with van der Waals surface area (Å²) in [4.78, 5) is 13.7. The molecule has 2 N–H and O–H groups in total. The lowest BCUT2D eigenvalue weighted by Crippen LogP contribution is -2.32. The number of aryl methyl sites for hydroxylation is 2. The highest BCUT2D eigenvalue weighted by Crippen LogP contribution is 2.16. The molecule has 18 heavy (non-hydrogen) atoms. The zero-order chi connectivity index (χ0) is 13.1. The number of nitrogens with one attached hydrogen (secondary N) is 1. The molecule has 5 heteroatoms. The van der Waals surface area contributed by atoms with E-state index in [9.17, 15) is 4.79 Å². The van der Waals surface area contributed by atoms with Gasteiger partial charge in [-0.05, 0) is 37.2 Å². The Kier molecular flexibility index (Phi) is 3.72. The Hall–Kier alpha value is -1.75. The number of aliphatic carboxylic acids is 1. The van der Waals surface area contributed by atoms with E-state index in [2.05, 4.69) is 18.0 Å². The molecule has 94 valence electrons. The quantitative estimate of drug-likeness (QED) is 0.656. The van der Waals surface area contributed by atoms with Crippen LogP contribution in [-0.2, 0) is 4.79 Å². The van der Waals surface area contributed by atoms with Gasteiger partial charge >= 0.3 is 11.1 Å². The van der Waals surface area contributed by atoms with Crippen LogP contribution in [0.1, 0.15) is 11.1 Å². The number of hydrogen-bond donors (Lipinski definition) is 2. The number of thioether (sulfide) groups is 1. The first-order valence-corrected chi connectivity index (χ1v) is 6.58. The van der Waals surface area contributed by atoms with Crippen molar-refractivity contribution in [3.8, 4) is 5.69 Å². The number of benzene rings is 1. The standard InChI is InChI=1S/C13H14N2O2S/c1-9-3-4-11(10(2)7-9)15-6-5-14-13(15)18-8-12(16)17/h3-7H,8H2,1-2H3,(H,16,17)/p+1. The number of H-pyrrole nitrogens is 1. The van der Waals surface area contributed by atoms with Crippen LogP contribution in [0.25, 0.3) is 5.69 Å². The number of nitrogens with zero attached hydrogens (tertiary/aromatic N) is 1. The molecule has 0 radical (unpaired) electrons. The van der Waals surface area contributed by atoms with Gasteiger partial charge in [-0.15, -0.1) is 0 Å². The predicted molar refractivity (Wildman–Crippen MR) is 70.2 cm³/mol. The van der Waals surface area contributed by atoms with Gasteiger partial charge < -0.3 is 5.11 Å². The van der Waals surface area contributed by atoms with E-state index in [4.69, 9.17) is 5.11 Å². The fourth-order valence-electron chi connectivity index (χ4n) is 1.83. The van der Waals surface area contributed by atoms with Gasteiger partial charge in [-0.3, -0.25) is 4.79 Å². The monoisotopic (exact) mass is 263 g/mol. The summed E-state index contributed by atoms with van der Waals surface area (Å²) in [6.07, 6.45) is 3.71. The SMILES string of the molecule is Cc1ccc(-[n+]2cc[nH]c2SCC(=O)O)c(C)c1. The van der Waals surface area contributed by atoms with Crippen LogP contribution >= 0.6 is 11.8 Å². The molecule has 0 atom stereocenters. The summed E-state index contributed by atoms with van der Waals surface area (Å²) < 4.78 is 1.97. The topological polar surface area (TPSA) is 57.0 Å². The zero-order valence-electron chi connectivity index (χ0n) is 10.3. The maximum atomic E-state index is 10.6. The fourth-order valence-corrected chi connectivity index (χ4v) is 2.54. The number of carboxylic acid groups (broad SMARTS) is 1. The fraction of sp³-hybridized carbons (Fsp3) is 0.231. The van der Waals surface area contributed by atoms with Crippen LogP contribution in [0.2, 0.25) is 0 Å². The summed E-state index contributed by atoms with van der Waals surface area (Å²) in [5.41, 5.74) is 3.44. The third kappa shape index (κ3) is 2.73. The third-order valence-corrected chi connectivity index (χ3v) is 3.57. The number of imidazole rings is 1. The first kappa shape index (κ1) is 12.7. The molecule has 0 aliphatic heterocycles. The first-order chi connectivity index (χ1) is 8.58. The molecule has 2 rings (SSSR count). The first-order valence-electron chi connectivity index (χ1n) is 5.59. The van der Waals surface area contributed by atoms with Crippen molar-refractivity contribution in [1.29, 1.82) is 0 Å². The molecular formula is C13H15N2O2S+. The lowest BCUT2D eigenvalue weighted by atomic mass is 10.1. The third-order valence-electron chi connectivity index (χ3n) is 2.59. The maximum absolute atomic E-state index is 10.6. The Labute approximate surface area is 110 Å². The molecule has 1 aromatic heterocycles. The van der Waals surface area contributed by atoms with Crippen LogP contribution in [0.3, 0.4) is 0 Å². The number of hydrogen-bond acceptors (Lipinski definition) is 2. The van der Waals surface area contributed by atoms with Gasteiger partial charge in [-0.1, -0.05) is 17.7 Å². The van der Waals surface area contributed by atoms with Gasteiger partial charge in [0.2, 0.25) is 0 Å². The van der Waals surface area contributed by atoms with Crippen molar-refractivity contribution in [3.05, 3.63) is 41.7 Å². The molecule has 4 nitrogen and oxygen atoms in total. The molecule has 0 saturated heterocycles. The van der Waals surface area contributed by atoms with Crippen molar-refractivity contribution in [1.82, 2.24) is 4.98 Å². The molecule has 1 aromatic carbocycles. The zero-order valence-corrected chi connectivity index (χ0v) is 11.1. The van der Waals surface area contributed by atoms with E-state index < -0.39 is 5.97 Å². The maximum Gasteiger partial charge on any atom is 0.321 e. The normalized spacial score (nSPS) is 10.6. The average molecular weight is 263 g/mol. The van der Waals surface area contributed by atoms with Crippen LogP contribution in [0.4, 0.5) is 0 Å². The van der Waals surface area contributed by atoms with Crippen LogP contribution < -0.4 is 4.57 Å². The van der Waals surface area contributed by atoms with Gasteiger partial charge in [0.25, 0.3) is 0 Å². The summed E-state index contributed by atoms with van der Waals surface area (Å²) in [7, 11) is 0. The van der Waals surface area contributed by atoms with Gasteiger partial charge in [0, 0.05) is 0 Å². The van der Waals surface area contributed by atoms with Crippen molar-refractivity contribution in [2.45, 2.75) is 19.0 Å². The van der Waals surface area contributed by atoms with Gasteiger partial charge in [0.15, 0.2) is 0 Å². The molecule has 0 amide bonds. The number of aromatic amines is 1. The van der Waals surface area contributed by atoms with Crippen molar-refractivity contribution in [3.63, 3.8) is 0 Å². The second-order valence-electron chi connectivity index (χ2n) is 4.11. The Morgan fingerprint density at radius 2 is 2.22 bits per heavy atom. The molecule has 0 unspecified atom stereocenters. The molecule has 0 saturated carbocycles. The molecule has 0 aliphatic carbocycles. The molecular weight excluding hydrogens is 248 g/mol. The van der Waals surface area contributed by atoms with E-state index >= 15 is 0 Å². The van der Waals surface area contributed by atoms with Crippen LogP contribution in [0.15, 0.2) is 35.7 Å². The summed E-state index contributed by atoms with van der Waals surface area (Å²) in [5.74, 6) is -0.771. The number of rotatable bonds is 4. The molecule has 0 spiro atoms. The lowest BCUT2D eigenvalue weighted by molar-refractivity contribution is -0.635. The van der Waals surface area contributed by atoms with Crippen molar-refractivity contribution < 1.29 is 14.5 Å². The Morgan fingerprint density at radius 1 is 1.44 bits per heavy atom. The summed E-state index contributed by atoms with van der Waals surface area (Å²) >= 11 is 1.28. The Morgan fingerprint density at radius 3 is 2.89 bits per heavy atom. The van der Waals surface area contributed by atoms with E-state index in [1.165, 1.54) is 17.3 Å². The van der Waals surface area contributed by atoms with Gasteiger partial charge in [0.1, 0.15) is 23.8 Å². The predicted octanol–water partition coefficient (Wildman–Crippen LogP) is 2.08. The molecule has 2 aromatic rings. The highest BCUT2D eigenvalue weighted by Gasteiger charge is 2.16. The highest BCUT2D eigenvalue weighted by atomic mass is 32.2. The smallest absolute Gasteiger partial charge is 0.321 e. The number of carboxylic acids is 1. The second-order valence-corrected chi connectivity index (χ2v) is 5.07. The van der Waals surface area contributed by atoms with Gasteiger partial charge in [0.05, 0.1) is 0 Å². The van der Waals surface area contributed by atoms with Crippen molar-refractivity contribution in [2.24, 2.45) is 0 Å². The van der Waals surface area contributed by atoms with Crippen LogP contribution in [0.5, 0.6) is 0 Å².